The van der Waals surface area contributed by atoms with Crippen molar-refractivity contribution in [2.24, 2.45) is 11.5 Å². The normalized spacial score (nSPS) is 12.3. The number of carbonyl (C=O) groups is 1. The largest absolute Gasteiger partial charge is 0.480 e. The molecule has 0 amide bonds. The Kier molecular flexibility index (Phi) is 3.75. The van der Waals surface area contributed by atoms with Crippen molar-refractivity contribution in [2.45, 2.75) is 18.9 Å². The number of imidazole rings is 1. The van der Waals surface area contributed by atoms with E-state index in [4.69, 9.17) is 28.8 Å². The monoisotopic (exact) mass is 228 g/mol. The van der Waals surface area contributed by atoms with Gasteiger partial charge in [0.15, 0.2) is 0 Å². The van der Waals surface area contributed by atoms with Crippen molar-refractivity contribution in [2.75, 3.05) is 0 Å². The van der Waals surface area contributed by atoms with Crippen LogP contribution in [0.5, 0.6) is 0 Å². The highest BCUT2D eigenvalue weighted by atomic mass is 32.1. The van der Waals surface area contributed by atoms with Gasteiger partial charge in [0.2, 0.25) is 0 Å². The third-order valence-electron chi connectivity index (χ3n) is 1.78. The van der Waals surface area contributed by atoms with E-state index in [0.29, 0.717) is 22.9 Å². The standard InChI is InChI=1S/C8H12N4O2S/c9-5(8(13)14)1-4-3-11-7(12-4)2-6(10)15/h3,5H,1-2,9H2,(H2,10,15)(H,11,12)(H,13,14). The molecule has 15 heavy (non-hydrogen) atoms. The number of carboxylic acid groups (broad SMARTS) is 1. The van der Waals surface area contributed by atoms with Gasteiger partial charge in [-0.25, -0.2) is 4.98 Å². The van der Waals surface area contributed by atoms with E-state index in [1.54, 1.807) is 0 Å². The maximum absolute atomic E-state index is 10.5. The summed E-state index contributed by atoms with van der Waals surface area (Å²) in [6, 6.07) is -0.928. The zero-order valence-electron chi connectivity index (χ0n) is 7.93. The number of rotatable bonds is 5. The Labute approximate surface area is 91.7 Å². The molecule has 0 aliphatic rings. The lowest BCUT2D eigenvalue weighted by molar-refractivity contribution is -0.138. The maximum Gasteiger partial charge on any atom is 0.320 e. The summed E-state index contributed by atoms with van der Waals surface area (Å²) in [5.74, 6) is -0.421. The Morgan fingerprint density at radius 3 is 2.93 bits per heavy atom. The predicted octanol–water partition coefficient (Wildman–Crippen LogP) is -0.807. The summed E-state index contributed by atoms with van der Waals surface area (Å²) in [6.07, 6.45) is 2.12. The Morgan fingerprint density at radius 2 is 2.40 bits per heavy atom. The summed E-state index contributed by atoms with van der Waals surface area (Å²) < 4.78 is 0. The summed E-state index contributed by atoms with van der Waals surface area (Å²) >= 11 is 4.72. The zero-order valence-corrected chi connectivity index (χ0v) is 8.75. The molecule has 0 saturated heterocycles. The molecule has 1 aromatic heterocycles. The topological polar surface area (TPSA) is 118 Å². The molecule has 0 radical (unpaired) electrons. The first-order chi connectivity index (χ1) is 6.99. The van der Waals surface area contributed by atoms with Crippen LogP contribution in [0.3, 0.4) is 0 Å². The average Bonchev–Trinajstić information content (AvgIpc) is 2.51. The first-order valence-corrected chi connectivity index (χ1v) is 4.69. The molecule has 1 aromatic rings. The second kappa shape index (κ2) is 4.85. The lowest BCUT2D eigenvalue weighted by Crippen LogP contribution is -2.32. The van der Waals surface area contributed by atoms with Gasteiger partial charge in [0.25, 0.3) is 0 Å². The molecule has 7 heteroatoms. The number of nitrogens with one attached hydrogen (secondary N) is 1. The molecule has 0 fully saturated rings. The van der Waals surface area contributed by atoms with Crippen LogP contribution in [0.15, 0.2) is 6.20 Å². The molecule has 6 nitrogen and oxygen atoms in total. The van der Waals surface area contributed by atoms with E-state index in [2.05, 4.69) is 9.97 Å². The summed E-state index contributed by atoms with van der Waals surface area (Å²) in [7, 11) is 0. The van der Waals surface area contributed by atoms with Crippen LogP contribution in [0.25, 0.3) is 0 Å². The fraction of sp³-hybridized carbons (Fsp3) is 0.375. The highest BCUT2D eigenvalue weighted by Gasteiger charge is 2.13. The van der Waals surface area contributed by atoms with E-state index in [0.717, 1.165) is 0 Å². The number of hydrogen-bond acceptors (Lipinski definition) is 4. The number of aliphatic carboxylic acids is 1. The molecule has 1 rings (SSSR count). The van der Waals surface area contributed by atoms with Crippen molar-refractivity contribution in [3.05, 3.63) is 17.7 Å². The molecule has 1 heterocycles. The van der Waals surface area contributed by atoms with Gasteiger partial charge in [-0.3, -0.25) is 4.79 Å². The summed E-state index contributed by atoms with van der Waals surface area (Å²) in [4.78, 5) is 17.7. The van der Waals surface area contributed by atoms with Crippen molar-refractivity contribution < 1.29 is 9.90 Å². The van der Waals surface area contributed by atoms with Crippen molar-refractivity contribution in [1.29, 1.82) is 0 Å². The SMILES string of the molecule is NC(=S)Cc1ncc(CC(N)C(=O)O)[nH]1. The van der Waals surface area contributed by atoms with E-state index >= 15 is 0 Å². The number of hydrogen-bond donors (Lipinski definition) is 4. The van der Waals surface area contributed by atoms with Crippen molar-refractivity contribution in [3.63, 3.8) is 0 Å². The van der Waals surface area contributed by atoms with E-state index in [1.807, 2.05) is 0 Å². The first kappa shape index (κ1) is 11.6. The van der Waals surface area contributed by atoms with Gasteiger partial charge in [-0.2, -0.15) is 0 Å². The van der Waals surface area contributed by atoms with Crippen molar-refractivity contribution in [3.8, 4) is 0 Å². The highest BCUT2D eigenvalue weighted by molar-refractivity contribution is 7.80. The van der Waals surface area contributed by atoms with Gasteiger partial charge >= 0.3 is 5.97 Å². The number of nitrogens with zero attached hydrogens (tertiary/aromatic N) is 1. The molecule has 0 bridgehead atoms. The maximum atomic E-state index is 10.5. The molecular weight excluding hydrogens is 216 g/mol. The summed E-state index contributed by atoms with van der Waals surface area (Å²) in [6.45, 7) is 0. The molecule has 1 unspecified atom stereocenters. The number of H-pyrrole nitrogens is 1. The van der Waals surface area contributed by atoms with Gasteiger partial charge in [0.1, 0.15) is 11.9 Å². The smallest absolute Gasteiger partial charge is 0.320 e. The van der Waals surface area contributed by atoms with Crippen molar-refractivity contribution >= 4 is 23.2 Å². The predicted molar refractivity (Wildman–Crippen MR) is 58.4 cm³/mol. The second-order valence-corrected chi connectivity index (χ2v) is 3.67. The molecule has 1 atom stereocenters. The molecule has 0 aliphatic carbocycles. The molecular formula is C8H12N4O2S. The number of carboxylic acids is 1. The van der Waals surface area contributed by atoms with Crippen LogP contribution in [0.2, 0.25) is 0 Å². The fourth-order valence-electron chi connectivity index (χ4n) is 1.09. The summed E-state index contributed by atoms with van der Waals surface area (Å²) in [5.41, 5.74) is 11.4. The van der Waals surface area contributed by atoms with Crippen LogP contribution in [0.1, 0.15) is 11.5 Å². The van der Waals surface area contributed by atoms with Crippen LogP contribution < -0.4 is 11.5 Å². The Hall–Kier alpha value is -1.47. The number of aromatic amines is 1. The Morgan fingerprint density at radius 1 is 1.73 bits per heavy atom. The first-order valence-electron chi connectivity index (χ1n) is 4.28. The van der Waals surface area contributed by atoms with Crippen LogP contribution in [0, 0.1) is 0 Å². The number of thiocarbonyl (C=S) groups is 1. The van der Waals surface area contributed by atoms with Crippen LogP contribution in [-0.4, -0.2) is 32.1 Å². The lowest BCUT2D eigenvalue weighted by atomic mass is 10.2. The Bertz CT molecular complexity index is 376. The van der Waals surface area contributed by atoms with Crippen LogP contribution in [0.4, 0.5) is 0 Å². The lowest BCUT2D eigenvalue weighted by Gasteiger charge is -2.02. The molecule has 6 N–H and O–H groups in total. The number of nitrogens with two attached hydrogens (primary N) is 2. The minimum atomic E-state index is -1.04. The molecule has 0 aromatic carbocycles. The fourth-order valence-corrected chi connectivity index (χ4v) is 1.23. The Balaban J connectivity index is 2.60. The second-order valence-electron chi connectivity index (χ2n) is 3.15. The zero-order chi connectivity index (χ0) is 11.4. The van der Waals surface area contributed by atoms with E-state index in [1.165, 1.54) is 6.20 Å². The van der Waals surface area contributed by atoms with Gasteiger partial charge in [-0.1, -0.05) is 12.2 Å². The average molecular weight is 228 g/mol. The van der Waals surface area contributed by atoms with Crippen molar-refractivity contribution in [1.82, 2.24) is 9.97 Å². The highest BCUT2D eigenvalue weighted by Crippen LogP contribution is 2.01. The third kappa shape index (κ3) is 3.64. The van der Waals surface area contributed by atoms with Gasteiger partial charge in [-0.05, 0) is 0 Å². The van der Waals surface area contributed by atoms with Crippen LogP contribution >= 0.6 is 12.2 Å². The van der Waals surface area contributed by atoms with E-state index in [-0.39, 0.29) is 6.42 Å². The molecule has 0 spiro atoms. The van der Waals surface area contributed by atoms with Crippen LogP contribution in [-0.2, 0) is 17.6 Å². The third-order valence-corrected chi connectivity index (χ3v) is 1.92. The molecule has 0 saturated carbocycles. The van der Waals surface area contributed by atoms with E-state index in [9.17, 15) is 4.79 Å². The van der Waals surface area contributed by atoms with E-state index < -0.39 is 12.0 Å². The summed E-state index contributed by atoms with van der Waals surface area (Å²) in [5, 5.41) is 8.60. The van der Waals surface area contributed by atoms with Gasteiger partial charge < -0.3 is 21.6 Å². The molecule has 0 aliphatic heterocycles. The number of aromatic nitrogens is 2. The van der Waals surface area contributed by atoms with Gasteiger partial charge in [-0.15, -0.1) is 0 Å². The minimum absolute atomic E-state index is 0.208. The molecule has 82 valence electrons. The van der Waals surface area contributed by atoms with Gasteiger partial charge in [0, 0.05) is 18.3 Å². The van der Waals surface area contributed by atoms with Gasteiger partial charge in [0.05, 0.1) is 11.4 Å². The minimum Gasteiger partial charge on any atom is -0.480 e. The quantitative estimate of drug-likeness (QED) is 0.490.